The van der Waals surface area contributed by atoms with Crippen LogP contribution in [0.3, 0.4) is 0 Å². The van der Waals surface area contributed by atoms with Gasteiger partial charge in [0, 0.05) is 0 Å². The lowest BCUT2D eigenvalue weighted by molar-refractivity contribution is -0.333. The van der Waals surface area contributed by atoms with Gasteiger partial charge in [-0.25, -0.2) is 4.79 Å². The number of rotatable bonds is 2. The SMILES string of the molecule is CC(O)(C(=O)O)C(F)(F)C(F)(F)F. The summed E-state index contributed by atoms with van der Waals surface area (Å²) in [5.41, 5.74) is -4.16. The summed E-state index contributed by atoms with van der Waals surface area (Å²) >= 11 is 0. The molecule has 0 aliphatic heterocycles. The first-order chi connectivity index (χ1) is 5.44. The van der Waals surface area contributed by atoms with Crippen LogP contribution in [0.5, 0.6) is 0 Å². The Labute approximate surface area is 68.8 Å². The summed E-state index contributed by atoms with van der Waals surface area (Å²) in [5, 5.41) is 16.3. The zero-order valence-electron chi connectivity index (χ0n) is 6.19. The molecule has 0 heterocycles. The van der Waals surface area contributed by atoms with E-state index in [0.717, 1.165) is 0 Å². The molecule has 0 bridgehead atoms. The van der Waals surface area contributed by atoms with Gasteiger partial charge in [0.25, 0.3) is 0 Å². The number of carbonyl (C=O) groups is 1. The fourth-order valence-corrected chi connectivity index (χ4v) is 0.410. The first-order valence-corrected chi connectivity index (χ1v) is 2.85. The predicted molar refractivity (Wildman–Crippen MR) is 29.3 cm³/mol. The topological polar surface area (TPSA) is 57.5 Å². The Morgan fingerprint density at radius 2 is 1.46 bits per heavy atom. The lowest BCUT2D eigenvalue weighted by Crippen LogP contribution is -2.59. The van der Waals surface area contributed by atoms with E-state index in [-0.39, 0.29) is 6.92 Å². The highest BCUT2D eigenvalue weighted by molar-refractivity contribution is 5.78. The van der Waals surface area contributed by atoms with E-state index in [4.69, 9.17) is 10.2 Å². The van der Waals surface area contributed by atoms with Crippen molar-refractivity contribution < 1.29 is 37.0 Å². The van der Waals surface area contributed by atoms with Crippen molar-refractivity contribution in [1.29, 1.82) is 0 Å². The van der Waals surface area contributed by atoms with Gasteiger partial charge in [-0.2, -0.15) is 22.0 Å². The van der Waals surface area contributed by atoms with Crippen LogP contribution in [0.15, 0.2) is 0 Å². The first-order valence-electron chi connectivity index (χ1n) is 2.85. The minimum Gasteiger partial charge on any atom is -0.479 e. The molecule has 0 aromatic heterocycles. The molecule has 0 fully saturated rings. The zero-order chi connectivity index (χ0) is 11.1. The number of hydrogen-bond donors (Lipinski definition) is 2. The molecule has 0 rings (SSSR count). The second-order valence-corrected chi connectivity index (χ2v) is 2.45. The molecule has 0 saturated carbocycles. The Morgan fingerprint density at radius 3 is 1.54 bits per heavy atom. The number of halogens is 5. The number of aliphatic hydroxyl groups is 1. The summed E-state index contributed by atoms with van der Waals surface area (Å²) in [6.07, 6.45) is -6.10. The van der Waals surface area contributed by atoms with Crippen LogP contribution in [0.25, 0.3) is 0 Å². The molecule has 0 aliphatic rings. The molecule has 1 unspecified atom stereocenters. The molecular weight excluding hydrogens is 203 g/mol. The smallest absolute Gasteiger partial charge is 0.457 e. The summed E-state index contributed by atoms with van der Waals surface area (Å²) < 4.78 is 59.0. The maximum Gasteiger partial charge on any atom is 0.457 e. The van der Waals surface area contributed by atoms with E-state index in [1.165, 1.54) is 0 Å². The highest BCUT2D eigenvalue weighted by Gasteiger charge is 2.71. The molecule has 0 aromatic carbocycles. The molecule has 8 heteroatoms. The second kappa shape index (κ2) is 2.79. The Morgan fingerprint density at radius 1 is 1.15 bits per heavy atom. The van der Waals surface area contributed by atoms with Crippen molar-refractivity contribution >= 4 is 5.97 Å². The normalized spacial score (nSPS) is 18.1. The average Bonchev–Trinajstić information content (AvgIpc) is 1.84. The molecule has 3 nitrogen and oxygen atoms in total. The van der Waals surface area contributed by atoms with E-state index in [0.29, 0.717) is 0 Å². The van der Waals surface area contributed by atoms with Crippen LogP contribution in [0.1, 0.15) is 6.92 Å². The van der Waals surface area contributed by atoms with Crippen molar-refractivity contribution in [2.24, 2.45) is 0 Å². The van der Waals surface area contributed by atoms with Crippen LogP contribution in [0.4, 0.5) is 22.0 Å². The van der Waals surface area contributed by atoms with Crippen LogP contribution >= 0.6 is 0 Å². The third kappa shape index (κ3) is 1.71. The lowest BCUT2D eigenvalue weighted by Gasteiger charge is -2.29. The van der Waals surface area contributed by atoms with Gasteiger partial charge < -0.3 is 10.2 Å². The first kappa shape index (κ1) is 12.1. The Kier molecular flexibility index (Phi) is 2.59. The quantitative estimate of drug-likeness (QED) is 0.666. The zero-order valence-corrected chi connectivity index (χ0v) is 6.19. The number of carboxylic acids is 1. The van der Waals surface area contributed by atoms with E-state index >= 15 is 0 Å². The van der Waals surface area contributed by atoms with Crippen LogP contribution in [0.2, 0.25) is 0 Å². The Balaban J connectivity index is 5.16. The van der Waals surface area contributed by atoms with Crippen LogP contribution < -0.4 is 0 Å². The van der Waals surface area contributed by atoms with Crippen molar-refractivity contribution in [3.8, 4) is 0 Å². The molecule has 0 aromatic rings. The largest absolute Gasteiger partial charge is 0.479 e. The van der Waals surface area contributed by atoms with Gasteiger partial charge in [0.05, 0.1) is 0 Å². The van der Waals surface area contributed by atoms with Gasteiger partial charge >= 0.3 is 18.1 Å². The third-order valence-electron chi connectivity index (χ3n) is 1.38. The van der Waals surface area contributed by atoms with Crippen LogP contribution in [-0.2, 0) is 4.79 Å². The van der Waals surface area contributed by atoms with Crippen molar-refractivity contribution in [1.82, 2.24) is 0 Å². The summed E-state index contributed by atoms with van der Waals surface area (Å²) in [6, 6.07) is 0. The minimum absolute atomic E-state index is 0.122. The maximum atomic E-state index is 12.2. The van der Waals surface area contributed by atoms with E-state index in [1.54, 1.807) is 0 Å². The van der Waals surface area contributed by atoms with E-state index in [1.807, 2.05) is 0 Å². The van der Waals surface area contributed by atoms with Crippen molar-refractivity contribution in [3.05, 3.63) is 0 Å². The number of carboxylic acid groups (broad SMARTS) is 1. The van der Waals surface area contributed by atoms with E-state index in [2.05, 4.69) is 0 Å². The number of alkyl halides is 5. The van der Waals surface area contributed by atoms with Crippen molar-refractivity contribution in [2.75, 3.05) is 0 Å². The minimum atomic E-state index is -6.10. The molecule has 1 atom stereocenters. The molecule has 0 amide bonds. The van der Waals surface area contributed by atoms with Gasteiger partial charge in [-0.15, -0.1) is 0 Å². The van der Waals surface area contributed by atoms with Crippen LogP contribution in [-0.4, -0.2) is 33.9 Å². The molecule has 2 N–H and O–H groups in total. The third-order valence-corrected chi connectivity index (χ3v) is 1.38. The molecule has 0 aliphatic carbocycles. The number of hydrogen-bond acceptors (Lipinski definition) is 2. The van der Waals surface area contributed by atoms with Crippen molar-refractivity contribution in [3.63, 3.8) is 0 Å². The second-order valence-electron chi connectivity index (χ2n) is 2.45. The molecule has 0 radical (unpaired) electrons. The van der Waals surface area contributed by atoms with Gasteiger partial charge in [-0.05, 0) is 6.92 Å². The van der Waals surface area contributed by atoms with Gasteiger partial charge in [0.15, 0.2) is 0 Å². The molecular formula is C5H5F5O3. The standard InChI is InChI=1S/C5H5F5O3/c1-3(13,2(11)12)4(6,7)5(8,9)10/h13H,1H3,(H,11,12). The Bertz CT molecular complexity index is 219. The maximum absolute atomic E-state index is 12.2. The summed E-state index contributed by atoms with van der Waals surface area (Å²) in [5.74, 6) is -8.33. The Hall–Kier alpha value is -0.920. The van der Waals surface area contributed by atoms with E-state index < -0.39 is 23.7 Å². The van der Waals surface area contributed by atoms with Gasteiger partial charge in [0.2, 0.25) is 5.60 Å². The monoisotopic (exact) mass is 208 g/mol. The van der Waals surface area contributed by atoms with E-state index in [9.17, 15) is 26.7 Å². The lowest BCUT2D eigenvalue weighted by atomic mass is 9.98. The number of aliphatic carboxylic acids is 1. The van der Waals surface area contributed by atoms with Gasteiger partial charge in [-0.3, -0.25) is 0 Å². The highest BCUT2D eigenvalue weighted by Crippen LogP contribution is 2.43. The molecule has 0 spiro atoms. The summed E-state index contributed by atoms with van der Waals surface area (Å²) in [6.45, 7) is -0.122. The summed E-state index contributed by atoms with van der Waals surface area (Å²) in [7, 11) is 0. The van der Waals surface area contributed by atoms with Crippen molar-refractivity contribution in [2.45, 2.75) is 24.6 Å². The summed E-state index contributed by atoms with van der Waals surface area (Å²) in [4.78, 5) is 9.88. The van der Waals surface area contributed by atoms with Crippen LogP contribution in [0, 0.1) is 0 Å². The average molecular weight is 208 g/mol. The van der Waals surface area contributed by atoms with Gasteiger partial charge in [0.1, 0.15) is 0 Å². The fraction of sp³-hybridized carbons (Fsp3) is 0.800. The molecule has 0 saturated heterocycles. The molecule has 13 heavy (non-hydrogen) atoms. The molecule has 78 valence electrons. The van der Waals surface area contributed by atoms with Gasteiger partial charge in [-0.1, -0.05) is 0 Å². The fourth-order valence-electron chi connectivity index (χ4n) is 0.410. The predicted octanol–water partition coefficient (Wildman–Crippen LogP) is 1.02. The highest BCUT2D eigenvalue weighted by atomic mass is 19.4.